The van der Waals surface area contributed by atoms with Crippen molar-refractivity contribution in [2.75, 3.05) is 0 Å². The highest BCUT2D eigenvalue weighted by Crippen LogP contribution is 2.39. The molecule has 0 bridgehead atoms. The van der Waals surface area contributed by atoms with Gasteiger partial charge < -0.3 is 0 Å². The summed E-state index contributed by atoms with van der Waals surface area (Å²) in [5.41, 5.74) is 2.72. The summed E-state index contributed by atoms with van der Waals surface area (Å²) in [5, 5.41) is 1.73. The van der Waals surface area contributed by atoms with Crippen molar-refractivity contribution >= 4 is 16.8 Å². The summed E-state index contributed by atoms with van der Waals surface area (Å²) in [6.45, 7) is 6.40. The van der Waals surface area contributed by atoms with Crippen molar-refractivity contribution in [1.82, 2.24) is 0 Å². The first-order valence-electron chi connectivity index (χ1n) is 4.94. The molecule has 0 radical (unpaired) electrons. The quantitative estimate of drug-likeness (QED) is 0.682. The smallest absolute Gasteiger partial charge is 0.0655 e. The predicted molar refractivity (Wildman–Crippen MR) is 64.1 cm³/mol. The van der Waals surface area contributed by atoms with Crippen LogP contribution >= 0.6 is 11.8 Å². The van der Waals surface area contributed by atoms with Gasteiger partial charge in [0.05, 0.1) is 16.3 Å². The number of hydrogen-bond acceptors (Lipinski definition) is 2. The van der Waals surface area contributed by atoms with Crippen LogP contribution in [0.2, 0.25) is 0 Å². The molecule has 0 aromatic heterocycles. The molecular weight excluding hydrogens is 190 g/mol. The van der Waals surface area contributed by atoms with Crippen molar-refractivity contribution in [1.29, 1.82) is 0 Å². The summed E-state index contributed by atoms with van der Waals surface area (Å²) < 4.78 is 0. The van der Waals surface area contributed by atoms with Gasteiger partial charge >= 0.3 is 0 Å². The zero-order valence-electron chi connectivity index (χ0n) is 8.82. The summed E-state index contributed by atoms with van der Waals surface area (Å²) in [6.07, 6.45) is 0. The fourth-order valence-corrected chi connectivity index (χ4v) is 2.92. The summed E-state index contributed by atoms with van der Waals surface area (Å²) in [7, 11) is 0. The molecule has 0 saturated heterocycles. The molecule has 0 saturated carbocycles. The van der Waals surface area contributed by atoms with Crippen LogP contribution in [0.5, 0.6) is 0 Å². The van der Waals surface area contributed by atoms with Gasteiger partial charge in [0.25, 0.3) is 0 Å². The van der Waals surface area contributed by atoms with Crippen molar-refractivity contribution in [3.63, 3.8) is 0 Å². The minimum absolute atomic E-state index is 0.419. The van der Waals surface area contributed by atoms with E-state index in [1.807, 2.05) is 11.8 Å². The Labute approximate surface area is 89.6 Å². The van der Waals surface area contributed by atoms with Crippen LogP contribution in [-0.2, 0) is 0 Å². The predicted octanol–water partition coefficient (Wildman–Crippen LogP) is 3.59. The number of aliphatic imine (C=N–C) groups is 1. The van der Waals surface area contributed by atoms with Crippen LogP contribution in [0, 0.1) is 6.92 Å². The lowest BCUT2D eigenvalue weighted by atomic mass is 10.1. The van der Waals surface area contributed by atoms with Crippen LogP contribution < -0.4 is 0 Å². The van der Waals surface area contributed by atoms with E-state index in [0.29, 0.717) is 11.3 Å². The Morgan fingerprint density at radius 1 is 1.14 bits per heavy atom. The van der Waals surface area contributed by atoms with Crippen molar-refractivity contribution < 1.29 is 0 Å². The van der Waals surface area contributed by atoms with Gasteiger partial charge in [-0.25, -0.2) is 0 Å². The van der Waals surface area contributed by atoms with Gasteiger partial charge in [0.1, 0.15) is 0 Å². The molecule has 0 amide bonds. The number of nitrogens with zero attached hydrogens (tertiary/aromatic N) is 1. The Morgan fingerprint density at radius 3 is 2.29 bits per heavy atom. The largest absolute Gasteiger partial charge is 0.279 e. The second-order valence-corrected chi connectivity index (χ2v) is 5.17. The van der Waals surface area contributed by atoms with Crippen LogP contribution in [0.3, 0.4) is 0 Å². The van der Waals surface area contributed by atoms with Gasteiger partial charge in [0.15, 0.2) is 0 Å². The number of hydrogen-bond donors (Lipinski definition) is 0. The number of benzene rings is 1. The molecule has 74 valence electrons. The average molecular weight is 205 g/mol. The van der Waals surface area contributed by atoms with Crippen LogP contribution in [0.1, 0.15) is 30.2 Å². The zero-order valence-corrected chi connectivity index (χ0v) is 9.64. The van der Waals surface area contributed by atoms with E-state index >= 15 is 0 Å². The Kier molecular flexibility index (Phi) is 2.64. The maximum absolute atomic E-state index is 4.55. The molecule has 1 heterocycles. The van der Waals surface area contributed by atoms with Gasteiger partial charge in [-0.2, -0.15) is 0 Å². The van der Waals surface area contributed by atoms with Gasteiger partial charge in [-0.05, 0) is 26.3 Å². The first-order valence-corrected chi connectivity index (χ1v) is 5.82. The van der Waals surface area contributed by atoms with E-state index in [0.717, 1.165) is 0 Å². The van der Waals surface area contributed by atoms with E-state index < -0.39 is 0 Å². The first kappa shape index (κ1) is 9.78. The Balaban J connectivity index is 2.21. The highest BCUT2D eigenvalue weighted by Gasteiger charge is 2.25. The maximum Gasteiger partial charge on any atom is 0.0655 e. The molecule has 0 spiro atoms. The lowest BCUT2D eigenvalue weighted by molar-refractivity contribution is 0.739. The van der Waals surface area contributed by atoms with Gasteiger partial charge in [-0.1, -0.05) is 29.8 Å². The van der Waals surface area contributed by atoms with Crippen molar-refractivity contribution in [2.45, 2.75) is 32.1 Å². The van der Waals surface area contributed by atoms with E-state index in [1.165, 1.54) is 16.2 Å². The Morgan fingerprint density at radius 2 is 1.79 bits per heavy atom. The molecule has 1 aromatic rings. The highest BCUT2D eigenvalue weighted by molar-refractivity contribution is 8.14. The molecule has 1 aliphatic heterocycles. The molecule has 1 aliphatic rings. The minimum atomic E-state index is 0.419. The van der Waals surface area contributed by atoms with Crippen LogP contribution in [0.25, 0.3) is 0 Å². The lowest BCUT2D eigenvalue weighted by Crippen LogP contribution is -2.04. The van der Waals surface area contributed by atoms with E-state index in [2.05, 4.69) is 50.0 Å². The standard InChI is InChI=1S/C12H15NS/c1-8-4-6-11(7-5-8)12-9(2)13-10(3)14-12/h4-7,9,12H,1-3H3. The average Bonchev–Trinajstić information content (AvgIpc) is 2.47. The zero-order chi connectivity index (χ0) is 10.1. The fraction of sp³-hybridized carbons (Fsp3) is 0.417. The van der Waals surface area contributed by atoms with E-state index in [1.54, 1.807) is 0 Å². The molecule has 0 N–H and O–H groups in total. The summed E-state index contributed by atoms with van der Waals surface area (Å²) in [6, 6.07) is 9.21. The third-order valence-corrected chi connectivity index (χ3v) is 3.89. The molecule has 14 heavy (non-hydrogen) atoms. The molecule has 2 heteroatoms. The van der Waals surface area contributed by atoms with Crippen LogP contribution in [-0.4, -0.2) is 11.1 Å². The van der Waals surface area contributed by atoms with E-state index in [9.17, 15) is 0 Å². The third kappa shape index (κ3) is 1.85. The molecule has 0 fully saturated rings. The third-order valence-electron chi connectivity index (χ3n) is 2.53. The summed E-state index contributed by atoms with van der Waals surface area (Å²) in [4.78, 5) is 4.55. The van der Waals surface area contributed by atoms with Crippen LogP contribution in [0.15, 0.2) is 29.3 Å². The monoisotopic (exact) mass is 205 g/mol. The Bertz CT molecular complexity index is 353. The van der Waals surface area contributed by atoms with Crippen molar-refractivity contribution in [2.24, 2.45) is 4.99 Å². The second kappa shape index (κ2) is 3.77. The first-order chi connectivity index (χ1) is 6.66. The van der Waals surface area contributed by atoms with Gasteiger partial charge in [-0.15, -0.1) is 11.8 Å². The molecule has 2 atom stereocenters. The molecule has 2 rings (SSSR count). The fourth-order valence-electron chi connectivity index (χ4n) is 1.77. The van der Waals surface area contributed by atoms with Gasteiger partial charge in [-0.3, -0.25) is 4.99 Å². The molecule has 2 unspecified atom stereocenters. The lowest BCUT2D eigenvalue weighted by Gasteiger charge is -2.13. The Hall–Kier alpha value is -0.760. The van der Waals surface area contributed by atoms with Crippen LogP contribution in [0.4, 0.5) is 0 Å². The molecular formula is C12H15NS. The number of rotatable bonds is 1. The molecule has 1 aromatic carbocycles. The van der Waals surface area contributed by atoms with E-state index in [4.69, 9.17) is 0 Å². The SMILES string of the molecule is CC1=NC(C)C(c2ccc(C)cc2)S1. The minimum Gasteiger partial charge on any atom is -0.279 e. The van der Waals surface area contributed by atoms with Crippen molar-refractivity contribution in [3.05, 3.63) is 35.4 Å². The maximum atomic E-state index is 4.55. The summed E-state index contributed by atoms with van der Waals surface area (Å²) >= 11 is 1.88. The van der Waals surface area contributed by atoms with Gasteiger partial charge in [0.2, 0.25) is 0 Å². The normalized spacial score (nSPS) is 26.4. The highest BCUT2D eigenvalue weighted by atomic mass is 32.2. The van der Waals surface area contributed by atoms with E-state index in [-0.39, 0.29) is 0 Å². The molecule has 1 nitrogen and oxygen atoms in total. The topological polar surface area (TPSA) is 12.4 Å². The second-order valence-electron chi connectivity index (χ2n) is 3.84. The molecule has 0 aliphatic carbocycles. The summed E-state index contributed by atoms with van der Waals surface area (Å²) in [5.74, 6) is 0. The van der Waals surface area contributed by atoms with Crippen molar-refractivity contribution in [3.8, 4) is 0 Å². The van der Waals surface area contributed by atoms with Gasteiger partial charge in [0, 0.05) is 0 Å². The number of thioether (sulfide) groups is 1. The number of aryl methyl sites for hydroxylation is 1.